The zero-order valence-electron chi connectivity index (χ0n) is 12.1. The zero-order chi connectivity index (χ0) is 14.4. The van der Waals surface area contributed by atoms with E-state index in [1.54, 1.807) is 14.2 Å². The fourth-order valence-corrected chi connectivity index (χ4v) is 2.45. The van der Waals surface area contributed by atoms with Crippen molar-refractivity contribution in [1.82, 2.24) is 5.32 Å². The van der Waals surface area contributed by atoms with Gasteiger partial charge in [0.05, 0.1) is 19.8 Å². The quantitative estimate of drug-likeness (QED) is 0.824. The molecule has 1 aliphatic heterocycles. The molecule has 2 rings (SSSR count). The van der Waals surface area contributed by atoms with Gasteiger partial charge in [-0.1, -0.05) is 12.1 Å². The first-order valence-electron chi connectivity index (χ1n) is 6.89. The predicted octanol–water partition coefficient (Wildman–Crippen LogP) is 1.33. The van der Waals surface area contributed by atoms with Gasteiger partial charge in [-0.2, -0.15) is 0 Å². The summed E-state index contributed by atoms with van der Waals surface area (Å²) in [5, 5.41) is 13.7. The number of nitrogens with one attached hydrogen (secondary N) is 1. The summed E-state index contributed by atoms with van der Waals surface area (Å²) >= 11 is 0. The molecule has 1 aliphatic rings. The van der Waals surface area contributed by atoms with E-state index in [0.29, 0.717) is 39.1 Å². The molecule has 20 heavy (non-hydrogen) atoms. The van der Waals surface area contributed by atoms with Gasteiger partial charge in [0.2, 0.25) is 0 Å². The molecule has 0 spiro atoms. The van der Waals surface area contributed by atoms with Gasteiger partial charge >= 0.3 is 0 Å². The van der Waals surface area contributed by atoms with E-state index in [-0.39, 0.29) is 0 Å². The Morgan fingerprint density at radius 2 is 2.00 bits per heavy atom. The molecule has 2 N–H and O–H groups in total. The van der Waals surface area contributed by atoms with Crippen LogP contribution >= 0.6 is 0 Å². The van der Waals surface area contributed by atoms with Gasteiger partial charge in [0, 0.05) is 44.7 Å². The van der Waals surface area contributed by atoms with E-state index in [1.165, 1.54) is 0 Å². The van der Waals surface area contributed by atoms with Crippen molar-refractivity contribution >= 4 is 0 Å². The van der Waals surface area contributed by atoms with Crippen molar-refractivity contribution in [2.24, 2.45) is 0 Å². The molecular weight excluding hydrogens is 258 g/mol. The predicted molar refractivity (Wildman–Crippen MR) is 76.3 cm³/mol. The molecule has 0 amide bonds. The summed E-state index contributed by atoms with van der Waals surface area (Å²) in [7, 11) is 3.26. The van der Waals surface area contributed by atoms with Crippen LogP contribution < -0.4 is 14.8 Å². The summed E-state index contributed by atoms with van der Waals surface area (Å²) in [6.45, 7) is 2.43. The highest BCUT2D eigenvalue weighted by molar-refractivity contribution is 5.46. The standard InChI is InChI=1S/C15H23NO4/c1-18-13-5-3-4-12(14(13)19-2)10-16-11-15(17)6-8-20-9-7-15/h3-5,16-17H,6-11H2,1-2H3. The van der Waals surface area contributed by atoms with E-state index in [9.17, 15) is 5.11 Å². The van der Waals surface area contributed by atoms with Gasteiger partial charge < -0.3 is 24.6 Å². The smallest absolute Gasteiger partial charge is 0.165 e. The summed E-state index contributed by atoms with van der Waals surface area (Å²) < 4.78 is 15.9. The lowest BCUT2D eigenvalue weighted by Crippen LogP contribution is -2.44. The second kappa shape index (κ2) is 6.92. The van der Waals surface area contributed by atoms with E-state index in [1.807, 2.05) is 18.2 Å². The first-order valence-corrected chi connectivity index (χ1v) is 6.89. The number of ether oxygens (including phenoxy) is 3. The van der Waals surface area contributed by atoms with Gasteiger partial charge in [-0.25, -0.2) is 0 Å². The van der Waals surface area contributed by atoms with E-state index < -0.39 is 5.60 Å². The molecule has 0 saturated carbocycles. The van der Waals surface area contributed by atoms with Crippen molar-refractivity contribution in [2.75, 3.05) is 34.0 Å². The van der Waals surface area contributed by atoms with Crippen LogP contribution in [0.3, 0.4) is 0 Å². The molecule has 0 unspecified atom stereocenters. The third kappa shape index (κ3) is 3.62. The molecule has 1 aromatic carbocycles. The number of hydrogen-bond acceptors (Lipinski definition) is 5. The molecule has 0 radical (unpaired) electrons. The van der Waals surface area contributed by atoms with Crippen LogP contribution in [0.15, 0.2) is 18.2 Å². The van der Waals surface area contributed by atoms with Crippen LogP contribution in [0.5, 0.6) is 11.5 Å². The second-order valence-electron chi connectivity index (χ2n) is 5.09. The van der Waals surface area contributed by atoms with Crippen LogP contribution in [-0.4, -0.2) is 44.7 Å². The molecule has 5 heteroatoms. The van der Waals surface area contributed by atoms with Gasteiger partial charge in [-0.15, -0.1) is 0 Å². The molecule has 112 valence electrons. The Morgan fingerprint density at radius 1 is 1.25 bits per heavy atom. The molecule has 0 aromatic heterocycles. The summed E-state index contributed by atoms with van der Waals surface area (Å²) in [4.78, 5) is 0. The molecular formula is C15H23NO4. The van der Waals surface area contributed by atoms with Crippen molar-refractivity contribution in [3.05, 3.63) is 23.8 Å². The summed E-state index contributed by atoms with van der Waals surface area (Å²) in [5.74, 6) is 1.46. The summed E-state index contributed by atoms with van der Waals surface area (Å²) in [5.41, 5.74) is 0.354. The maximum absolute atomic E-state index is 10.4. The second-order valence-corrected chi connectivity index (χ2v) is 5.09. The number of benzene rings is 1. The van der Waals surface area contributed by atoms with Gasteiger partial charge in [-0.05, 0) is 6.07 Å². The van der Waals surface area contributed by atoms with Crippen LogP contribution in [0.4, 0.5) is 0 Å². The normalized spacial score (nSPS) is 17.8. The van der Waals surface area contributed by atoms with Crippen molar-refractivity contribution < 1.29 is 19.3 Å². The fourth-order valence-electron chi connectivity index (χ4n) is 2.45. The Morgan fingerprint density at radius 3 is 2.65 bits per heavy atom. The van der Waals surface area contributed by atoms with Gasteiger partial charge in [0.25, 0.3) is 0 Å². The summed E-state index contributed by atoms with van der Waals surface area (Å²) in [6.07, 6.45) is 1.35. The van der Waals surface area contributed by atoms with E-state index in [0.717, 1.165) is 17.1 Å². The average molecular weight is 281 g/mol. The fraction of sp³-hybridized carbons (Fsp3) is 0.600. The van der Waals surface area contributed by atoms with Crippen molar-refractivity contribution in [2.45, 2.75) is 25.0 Å². The minimum Gasteiger partial charge on any atom is -0.493 e. The highest BCUT2D eigenvalue weighted by atomic mass is 16.5. The number of rotatable bonds is 6. The highest BCUT2D eigenvalue weighted by Gasteiger charge is 2.29. The molecule has 5 nitrogen and oxygen atoms in total. The number of hydrogen-bond donors (Lipinski definition) is 2. The zero-order valence-corrected chi connectivity index (χ0v) is 12.1. The van der Waals surface area contributed by atoms with E-state index in [4.69, 9.17) is 14.2 Å². The largest absolute Gasteiger partial charge is 0.493 e. The maximum Gasteiger partial charge on any atom is 0.165 e. The molecule has 0 atom stereocenters. The lowest BCUT2D eigenvalue weighted by Gasteiger charge is -2.32. The highest BCUT2D eigenvalue weighted by Crippen LogP contribution is 2.30. The van der Waals surface area contributed by atoms with Crippen LogP contribution in [0.2, 0.25) is 0 Å². The molecule has 1 aromatic rings. The SMILES string of the molecule is COc1cccc(CNCC2(O)CCOCC2)c1OC. The molecule has 1 saturated heterocycles. The molecule has 1 fully saturated rings. The number of methoxy groups -OCH3 is 2. The topological polar surface area (TPSA) is 60.0 Å². The van der Waals surface area contributed by atoms with Crippen LogP contribution in [-0.2, 0) is 11.3 Å². The van der Waals surface area contributed by atoms with Gasteiger partial charge in [0.15, 0.2) is 11.5 Å². The molecule has 1 heterocycles. The van der Waals surface area contributed by atoms with Gasteiger partial charge in [-0.3, -0.25) is 0 Å². The van der Waals surface area contributed by atoms with Gasteiger partial charge in [0.1, 0.15) is 0 Å². The Labute approximate surface area is 119 Å². The Bertz CT molecular complexity index is 430. The van der Waals surface area contributed by atoms with Crippen molar-refractivity contribution in [3.63, 3.8) is 0 Å². The first kappa shape index (κ1) is 15.1. The summed E-state index contributed by atoms with van der Waals surface area (Å²) in [6, 6.07) is 5.79. The molecule has 0 bridgehead atoms. The average Bonchev–Trinajstić information content (AvgIpc) is 2.47. The first-order chi connectivity index (χ1) is 9.68. The molecule has 0 aliphatic carbocycles. The van der Waals surface area contributed by atoms with E-state index >= 15 is 0 Å². The monoisotopic (exact) mass is 281 g/mol. The van der Waals surface area contributed by atoms with E-state index in [2.05, 4.69) is 5.32 Å². The minimum atomic E-state index is -0.662. The third-order valence-corrected chi connectivity index (χ3v) is 3.68. The maximum atomic E-state index is 10.4. The van der Waals surface area contributed by atoms with Crippen LogP contribution in [0.1, 0.15) is 18.4 Å². The van der Waals surface area contributed by atoms with Crippen LogP contribution in [0, 0.1) is 0 Å². The Balaban J connectivity index is 1.93. The lowest BCUT2D eigenvalue weighted by atomic mass is 9.94. The van der Waals surface area contributed by atoms with Crippen LogP contribution in [0.25, 0.3) is 0 Å². The van der Waals surface area contributed by atoms with Crippen molar-refractivity contribution in [1.29, 1.82) is 0 Å². The Kier molecular flexibility index (Phi) is 5.23. The number of aliphatic hydroxyl groups is 1. The number of para-hydroxylation sites is 1. The lowest BCUT2D eigenvalue weighted by molar-refractivity contribution is -0.0617. The third-order valence-electron chi connectivity index (χ3n) is 3.68. The van der Waals surface area contributed by atoms with Crippen molar-refractivity contribution in [3.8, 4) is 11.5 Å². The minimum absolute atomic E-state index is 0.552. The Hall–Kier alpha value is -1.30.